The highest BCUT2D eigenvalue weighted by Crippen LogP contribution is 2.22. The molecule has 16 heavy (non-hydrogen) atoms. The molecular formula is C13H13FO2. The van der Waals surface area contributed by atoms with Crippen molar-refractivity contribution in [1.82, 2.24) is 0 Å². The molecule has 0 aliphatic rings. The van der Waals surface area contributed by atoms with Crippen LogP contribution in [-0.4, -0.2) is 11.2 Å². The van der Waals surface area contributed by atoms with E-state index >= 15 is 0 Å². The zero-order chi connectivity index (χ0) is 11.5. The Bertz CT molecular complexity index is 457. The molecule has 1 N–H and O–H groups in total. The van der Waals surface area contributed by atoms with E-state index in [2.05, 4.69) is 0 Å². The molecule has 0 saturated heterocycles. The molecular weight excluding hydrogens is 207 g/mol. The van der Waals surface area contributed by atoms with Gasteiger partial charge in [-0.15, -0.1) is 0 Å². The van der Waals surface area contributed by atoms with Crippen LogP contribution in [0.5, 0.6) is 0 Å². The van der Waals surface area contributed by atoms with E-state index in [4.69, 9.17) is 4.42 Å². The van der Waals surface area contributed by atoms with Gasteiger partial charge in [0.15, 0.2) is 0 Å². The number of furan rings is 1. The number of benzene rings is 1. The van der Waals surface area contributed by atoms with E-state index in [0.29, 0.717) is 12.2 Å². The van der Waals surface area contributed by atoms with E-state index in [1.165, 1.54) is 12.1 Å². The topological polar surface area (TPSA) is 33.4 Å². The van der Waals surface area contributed by atoms with Gasteiger partial charge in [-0.3, -0.25) is 0 Å². The molecule has 1 heterocycles. The third-order valence-corrected chi connectivity index (χ3v) is 2.29. The fourth-order valence-corrected chi connectivity index (χ4v) is 1.55. The fourth-order valence-electron chi connectivity index (χ4n) is 1.55. The van der Waals surface area contributed by atoms with Crippen LogP contribution in [0.15, 0.2) is 40.8 Å². The van der Waals surface area contributed by atoms with Crippen LogP contribution in [0.25, 0.3) is 11.3 Å². The Morgan fingerprint density at radius 2 is 1.88 bits per heavy atom. The van der Waals surface area contributed by atoms with Gasteiger partial charge in [-0.1, -0.05) is 0 Å². The molecule has 0 fully saturated rings. The van der Waals surface area contributed by atoms with E-state index in [1.54, 1.807) is 19.1 Å². The molecule has 1 aromatic carbocycles. The van der Waals surface area contributed by atoms with Gasteiger partial charge in [0, 0.05) is 12.0 Å². The van der Waals surface area contributed by atoms with E-state index in [-0.39, 0.29) is 5.82 Å². The monoisotopic (exact) mass is 220 g/mol. The lowest BCUT2D eigenvalue weighted by atomic mass is 10.2. The smallest absolute Gasteiger partial charge is 0.134 e. The molecule has 1 unspecified atom stereocenters. The third kappa shape index (κ3) is 2.49. The molecule has 0 aliphatic heterocycles. The highest BCUT2D eigenvalue weighted by Gasteiger charge is 2.06. The summed E-state index contributed by atoms with van der Waals surface area (Å²) in [5, 5.41) is 9.21. The summed E-state index contributed by atoms with van der Waals surface area (Å²) in [7, 11) is 0. The standard InChI is InChI=1S/C13H13FO2/c1-9(15)8-12-6-7-13(16-12)10-2-4-11(14)5-3-10/h2-7,9,15H,8H2,1H3. The first-order chi connectivity index (χ1) is 7.65. The molecule has 0 radical (unpaired) electrons. The van der Waals surface area contributed by atoms with Crippen LogP contribution in [0, 0.1) is 5.82 Å². The lowest BCUT2D eigenvalue weighted by Gasteiger charge is -2.00. The Morgan fingerprint density at radius 3 is 2.50 bits per heavy atom. The van der Waals surface area contributed by atoms with E-state index in [9.17, 15) is 9.50 Å². The molecule has 2 aromatic rings. The van der Waals surface area contributed by atoms with Crippen LogP contribution in [0.1, 0.15) is 12.7 Å². The summed E-state index contributed by atoms with van der Waals surface area (Å²) < 4.78 is 18.3. The maximum atomic E-state index is 12.7. The van der Waals surface area contributed by atoms with Gasteiger partial charge in [0.1, 0.15) is 17.3 Å². The van der Waals surface area contributed by atoms with Gasteiger partial charge in [0.25, 0.3) is 0 Å². The predicted octanol–water partition coefficient (Wildman–Crippen LogP) is 3.01. The van der Waals surface area contributed by atoms with Gasteiger partial charge in [0.2, 0.25) is 0 Å². The Balaban J connectivity index is 2.21. The molecule has 3 heteroatoms. The van der Waals surface area contributed by atoms with Crippen molar-refractivity contribution in [2.75, 3.05) is 0 Å². The second-order valence-corrected chi connectivity index (χ2v) is 3.83. The van der Waals surface area contributed by atoms with Crippen molar-refractivity contribution in [3.8, 4) is 11.3 Å². The third-order valence-electron chi connectivity index (χ3n) is 2.29. The number of rotatable bonds is 3. The van der Waals surface area contributed by atoms with Crippen molar-refractivity contribution in [3.63, 3.8) is 0 Å². The second kappa shape index (κ2) is 4.49. The van der Waals surface area contributed by atoms with Crippen LogP contribution in [0.2, 0.25) is 0 Å². The number of hydrogen-bond donors (Lipinski definition) is 1. The van der Waals surface area contributed by atoms with Crippen molar-refractivity contribution in [2.45, 2.75) is 19.4 Å². The summed E-state index contributed by atoms with van der Waals surface area (Å²) in [5.74, 6) is 1.16. The van der Waals surface area contributed by atoms with Crippen LogP contribution < -0.4 is 0 Å². The van der Waals surface area contributed by atoms with Gasteiger partial charge < -0.3 is 9.52 Å². The lowest BCUT2D eigenvalue weighted by molar-refractivity contribution is 0.187. The van der Waals surface area contributed by atoms with Crippen LogP contribution in [0.4, 0.5) is 4.39 Å². The van der Waals surface area contributed by atoms with Crippen LogP contribution in [-0.2, 0) is 6.42 Å². The van der Waals surface area contributed by atoms with Gasteiger partial charge in [-0.2, -0.15) is 0 Å². The molecule has 0 bridgehead atoms. The molecule has 1 atom stereocenters. The van der Waals surface area contributed by atoms with Gasteiger partial charge in [0.05, 0.1) is 6.10 Å². The zero-order valence-corrected chi connectivity index (χ0v) is 8.98. The maximum absolute atomic E-state index is 12.7. The minimum Gasteiger partial charge on any atom is -0.461 e. The molecule has 84 valence electrons. The molecule has 0 spiro atoms. The summed E-state index contributed by atoms with van der Waals surface area (Å²) in [4.78, 5) is 0. The summed E-state index contributed by atoms with van der Waals surface area (Å²) >= 11 is 0. The maximum Gasteiger partial charge on any atom is 0.134 e. The molecule has 2 nitrogen and oxygen atoms in total. The van der Waals surface area contributed by atoms with Gasteiger partial charge in [-0.25, -0.2) is 4.39 Å². The lowest BCUT2D eigenvalue weighted by Crippen LogP contribution is -2.02. The van der Waals surface area contributed by atoms with Gasteiger partial charge >= 0.3 is 0 Å². The quantitative estimate of drug-likeness (QED) is 0.862. The highest BCUT2D eigenvalue weighted by atomic mass is 19.1. The number of halogens is 1. The largest absolute Gasteiger partial charge is 0.461 e. The molecule has 0 aliphatic carbocycles. The average Bonchev–Trinajstić information content (AvgIpc) is 2.66. The molecule has 0 amide bonds. The van der Waals surface area contributed by atoms with Crippen molar-refractivity contribution < 1.29 is 13.9 Å². The predicted molar refractivity (Wildman–Crippen MR) is 59.5 cm³/mol. The Morgan fingerprint density at radius 1 is 1.19 bits per heavy atom. The minimum absolute atomic E-state index is 0.264. The summed E-state index contributed by atoms with van der Waals surface area (Å²) in [6.07, 6.45) is 0.0634. The fraction of sp³-hybridized carbons (Fsp3) is 0.231. The van der Waals surface area contributed by atoms with E-state index < -0.39 is 6.10 Å². The first kappa shape index (κ1) is 10.9. The van der Waals surface area contributed by atoms with Crippen molar-refractivity contribution in [1.29, 1.82) is 0 Å². The average molecular weight is 220 g/mol. The SMILES string of the molecule is CC(O)Cc1ccc(-c2ccc(F)cc2)o1. The summed E-state index contributed by atoms with van der Waals surface area (Å²) in [6, 6.07) is 9.77. The highest BCUT2D eigenvalue weighted by molar-refractivity contribution is 5.57. The molecule has 2 rings (SSSR count). The van der Waals surface area contributed by atoms with E-state index in [0.717, 1.165) is 11.3 Å². The normalized spacial score (nSPS) is 12.7. The molecule has 1 aromatic heterocycles. The Hall–Kier alpha value is -1.61. The number of aliphatic hydroxyl groups excluding tert-OH is 1. The Labute approximate surface area is 93.3 Å². The van der Waals surface area contributed by atoms with Crippen molar-refractivity contribution in [2.24, 2.45) is 0 Å². The first-order valence-electron chi connectivity index (χ1n) is 5.18. The first-order valence-corrected chi connectivity index (χ1v) is 5.18. The van der Waals surface area contributed by atoms with E-state index in [1.807, 2.05) is 12.1 Å². The molecule has 0 saturated carbocycles. The van der Waals surface area contributed by atoms with Crippen LogP contribution >= 0.6 is 0 Å². The van der Waals surface area contributed by atoms with Crippen LogP contribution in [0.3, 0.4) is 0 Å². The summed E-state index contributed by atoms with van der Waals surface area (Å²) in [5.41, 5.74) is 0.832. The van der Waals surface area contributed by atoms with Crippen molar-refractivity contribution in [3.05, 3.63) is 48.0 Å². The zero-order valence-electron chi connectivity index (χ0n) is 8.98. The van der Waals surface area contributed by atoms with Crippen molar-refractivity contribution >= 4 is 0 Å². The number of hydrogen-bond acceptors (Lipinski definition) is 2. The summed E-state index contributed by atoms with van der Waals surface area (Å²) in [6.45, 7) is 1.71. The van der Waals surface area contributed by atoms with Gasteiger partial charge in [-0.05, 0) is 43.3 Å². The number of aliphatic hydroxyl groups is 1. The Kier molecular flexibility index (Phi) is 3.06. The minimum atomic E-state index is -0.424. The second-order valence-electron chi connectivity index (χ2n) is 3.83.